The van der Waals surface area contributed by atoms with Crippen LogP contribution >= 0.6 is 0 Å². The van der Waals surface area contributed by atoms with Crippen LogP contribution in [0.25, 0.3) is 6.08 Å². The van der Waals surface area contributed by atoms with Gasteiger partial charge in [-0.2, -0.15) is 0 Å². The molecular formula is C22H32N2O. The molecule has 2 aliphatic rings. The lowest BCUT2D eigenvalue weighted by atomic mass is 9.85. The zero-order valence-electron chi connectivity index (χ0n) is 15.7. The highest BCUT2D eigenvalue weighted by Crippen LogP contribution is 2.25. The quantitative estimate of drug-likeness (QED) is 0.829. The summed E-state index contributed by atoms with van der Waals surface area (Å²) >= 11 is 0. The molecule has 0 aliphatic heterocycles. The first-order chi connectivity index (χ1) is 12.2. The van der Waals surface area contributed by atoms with Gasteiger partial charge in [0.1, 0.15) is 0 Å². The maximum Gasteiger partial charge on any atom is 0.223 e. The number of carbonyl (C=O) groups excluding carboxylic acids is 1. The van der Waals surface area contributed by atoms with Crippen LogP contribution in [0, 0.1) is 11.8 Å². The first-order valence-electron chi connectivity index (χ1n) is 9.89. The number of fused-ring (bicyclic) bond motifs is 1. The Labute approximate surface area is 152 Å². The third-order valence-electron chi connectivity index (χ3n) is 5.76. The maximum absolute atomic E-state index is 12.6. The average molecular weight is 341 g/mol. The largest absolute Gasteiger partial charge is 0.353 e. The Morgan fingerprint density at radius 1 is 1.24 bits per heavy atom. The minimum absolute atomic E-state index is 0.0284. The van der Waals surface area contributed by atoms with Crippen molar-refractivity contribution in [3.63, 3.8) is 0 Å². The van der Waals surface area contributed by atoms with Gasteiger partial charge in [0.05, 0.1) is 0 Å². The standard InChI is InChI=1S/C22H32N2O/c1-16(13-18-7-10-19-5-3-4-6-20(19)14-18)22(25)24-21-11-8-17(9-12-21)15-23-2/h4,6-7,10,14,16-17,21,23H,3,5,8-9,11-13,15H2,1-2H3,(H,24,25). The normalized spacial score (nSPS) is 23.8. The third-order valence-corrected chi connectivity index (χ3v) is 5.76. The van der Waals surface area contributed by atoms with Crippen molar-refractivity contribution in [2.45, 2.75) is 57.9 Å². The Kier molecular flexibility index (Phi) is 6.30. The van der Waals surface area contributed by atoms with E-state index in [1.54, 1.807) is 0 Å². The number of benzene rings is 1. The van der Waals surface area contributed by atoms with Gasteiger partial charge < -0.3 is 10.6 Å². The van der Waals surface area contributed by atoms with E-state index in [0.29, 0.717) is 6.04 Å². The molecule has 0 heterocycles. The first kappa shape index (κ1) is 18.2. The van der Waals surface area contributed by atoms with Crippen molar-refractivity contribution < 1.29 is 4.79 Å². The summed E-state index contributed by atoms with van der Waals surface area (Å²) in [5.74, 6) is 1.02. The van der Waals surface area contributed by atoms with E-state index in [-0.39, 0.29) is 11.8 Å². The van der Waals surface area contributed by atoms with Crippen molar-refractivity contribution in [2.75, 3.05) is 13.6 Å². The summed E-state index contributed by atoms with van der Waals surface area (Å²) in [6.07, 6.45) is 12.2. The van der Waals surface area contributed by atoms with Crippen molar-refractivity contribution >= 4 is 12.0 Å². The van der Waals surface area contributed by atoms with Crippen LogP contribution in [0.15, 0.2) is 24.3 Å². The fourth-order valence-electron chi connectivity index (χ4n) is 4.19. The van der Waals surface area contributed by atoms with E-state index in [2.05, 4.69) is 47.9 Å². The molecular weight excluding hydrogens is 308 g/mol. The maximum atomic E-state index is 12.6. The number of carbonyl (C=O) groups is 1. The molecule has 0 spiro atoms. The molecule has 1 aromatic rings. The number of hydrogen-bond acceptors (Lipinski definition) is 2. The predicted octanol–water partition coefficient (Wildman–Crippen LogP) is 3.72. The molecule has 0 bridgehead atoms. The molecule has 25 heavy (non-hydrogen) atoms. The molecule has 136 valence electrons. The average Bonchev–Trinajstić information content (AvgIpc) is 2.63. The molecule has 1 unspecified atom stereocenters. The SMILES string of the molecule is CNCC1CCC(NC(=O)C(C)Cc2ccc3c(c2)C=CCC3)CC1. The topological polar surface area (TPSA) is 41.1 Å². The third kappa shape index (κ3) is 4.94. The summed E-state index contributed by atoms with van der Waals surface area (Å²) in [5, 5.41) is 6.56. The molecule has 3 nitrogen and oxygen atoms in total. The van der Waals surface area contributed by atoms with Crippen LogP contribution < -0.4 is 10.6 Å². The van der Waals surface area contributed by atoms with Gasteiger partial charge in [-0.3, -0.25) is 4.79 Å². The Balaban J connectivity index is 1.49. The minimum Gasteiger partial charge on any atom is -0.353 e. The Morgan fingerprint density at radius 2 is 2.04 bits per heavy atom. The lowest BCUT2D eigenvalue weighted by Crippen LogP contribution is -2.41. The lowest BCUT2D eigenvalue weighted by molar-refractivity contribution is -0.125. The summed E-state index contributed by atoms with van der Waals surface area (Å²) in [6.45, 7) is 3.15. The second-order valence-electron chi connectivity index (χ2n) is 7.86. The number of allylic oxidation sites excluding steroid dienone is 1. The lowest BCUT2D eigenvalue weighted by Gasteiger charge is -2.29. The predicted molar refractivity (Wildman–Crippen MR) is 104 cm³/mol. The summed E-state index contributed by atoms with van der Waals surface area (Å²) in [5.41, 5.74) is 4.03. The molecule has 3 rings (SSSR count). The molecule has 1 fully saturated rings. The molecule has 3 heteroatoms. The number of aryl methyl sites for hydroxylation is 1. The van der Waals surface area contributed by atoms with Gasteiger partial charge in [-0.15, -0.1) is 0 Å². The summed E-state index contributed by atoms with van der Waals surface area (Å²) in [6, 6.07) is 7.07. The van der Waals surface area contributed by atoms with Crippen LogP contribution in [-0.4, -0.2) is 25.5 Å². The van der Waals surface area contributed by atoms with Gasteiger partial charge in [-0.1, -0.05) is 37.3 Å². The van der Waals surface area contributed by atoms with Crippen LogP contribution in [0.3, 0.4) is 0 Å². The smallest absolute Gasteiger partial charge is 0.223 e. The fraction of sp³-hybridized carbons (Fsp3) is 0.591. The van der Waals surface area contributed by atoms with Crippen molar-refractivity contribution in [1.82, 2.24) is 10.6 Å². The summed E-state index contributed by atoms with van der Waals surface area (Å²) in [7, 11) is 2.02. The highest BCUT2D eigenvalue weighted by Gasteiger charge is 2.24. The minimum atomic E-state index is 0.0284. The number of amides is 1. The van der Waals surface area contributed by atoms with E-state index in [1.165, 1.54) is 29.5 Å². The van der Waals surface area contributed by atoms with Crippen LogP contribution in [0.1, 0.15) is 55.7 Å². The highest BCUT2D eigenvalue weighted by molar-refractivity contribution is 5.79. The molecule has 2 N–H and O–H groups in total. The van der Waals surface area contributed by atoms with Gasteiger partial charge >= 0.3 is 0 Å². The molecule has 2 aliphatic carbocycles. The Bertz CT molecular complexity index is 614. The van der Waals surface area contributed by atoms with Crippen LogP contribution in [0.4, 0.5) is 0 Å². The monoisotopic (exact) mass is 340 g/mol. The van der Waals surface area contributed by atoms with E-state index in [1.807, 2.05) is 7.05 Å². The van der Waals surface area contributed by atoms with E-state index >= 15 is 0 Å². The molecule has 1 amide bonds. The molecule has 0 saturated heterocycles. The first-order valence-corrected chi connectivity index (χ1v) is 9.89. The van der Waals surface area contributed by atoms with Crippen molar-refractivity contribution in [1.29, 1.82) is 0 Å². The van der Waals surface area contributed by atoms with E-state index < -0.39 is 0 Å². The zero-order chi connectivity index (χ0) is 17.6. The van der Waals surface area contributed by atoms with E-state index in [9.17, 15) is 4.79 Å². The Morgan fingerprint density at radius 3 is 2.80 bits per heavy atom. The second-order valence-corrected chi connectivity index (χ2v) is 7.86. The zero-order valence-corrected chi connectivity index (χ0v) is 15.7. The highest BCUT2D eigenvalue weighted by atomic mass is 16.1. The van der Waals surface area contributed by atoms with Gasteiger partial charge in [0.25, 0.3) is 0 Å². The molecule has 1 saturated carbocycles. The second kappa shape index (κ2) is 8.66. The van der Waals surface area contributed by atoms with Crippen LogP contribution in [0.5, 0.6) is 0 Å². The fourth-order valence-corrected chi connectivity index (χ4v) is 4.19. The Hall–Kier alpha value is -1.61. The van der Waals surface area contributed by atoms with Crippen LogP contribution in [-0.2, 0) is 17.6 Å². The number of hydrogen-bond donors (Lipinski definition) is 2. The number of rotatable bonds is 6. The molecule has 1 atom stereocenters. The van der Waals surface area contributed by atoms with E-state index in [4.69, 9.17) is 0 Å². The summed E-state index contributed by atoms with van der Waals surface area (Å²) in [4.78, 5) is 12.6. The van der Waals surface area contributed by atoms with Gasteiger partial charge in [-0.25, -0.2) is 0 Å². The molecule has 1 aromatic carbocycles. The van der Waals surface area contributed by atoms with Crippen molar-refractivity contribution in [2.24, 2.45) is 11.8 Å². The van der Waals surface area contributed by atoms with Crippen molar-refractivity contribution in [3.8, 4) is 0 Å². The molecule has 0 radical (unpaired) electrons. The van der Waals surface area contributed by atoms with Gasteiger partial charge in [0, 0.05) is 12.0 Å². The van der Waals surface area contributed by atoms with Crippen molar-refractivity contribution in [3.05, 3.63) is 41.0 Å². The number of nitrogens with one attached hydrogen (secondary N) is 2. The van der Waals surface area contributed by atoms with Gasteiger partial charge in [-0.05, 0) is 81.1 Å². The molecule has 0 aromatic heterocycles. The van der Waals surface area contributed by atoms with E-state index in [0.717, 1.165) is 44.6 Å². The van der Waals surface area contributed by atoms with Crippen LogP contribution in [0.2, 0.25) is 0 Å². The van der Waals surface area contributed by atoms with Gasteiger partial charge in [0.2, 0.25) is 5.91 Å². The summed E-state index contributed by atoms with van der Waals surface area (Å²) < 4.78 is 0. The van der Waals surface area contributed by atoms with Gasteiger partial charge in [0.15, 0.2) is 0 Å².